The fraction of sp³-hybridized carbons (Fsp3) is 0.625. The van der Waals surface area contributed by atoms with Gasteiger partial charge in [-0.15, -0.1) is 0 Å². The Bertz CT molecular complexity index is 259. The predicted octanol–water partition coefficient (Wildman–Crippen LogP) is 3.26. The van der Waals surface area contributed by atoms with Crippen molar-refractivity contribution >= 4 is 34.2 Å². The molecule has 0 radical (unpaired) electrons. The minimum atomic E-state index is 0.603. The lowest BCUT2D eigenvalue weighted by molar-refractivity contribution is 0.465. The Morgan fingerprint density at radius 1 is 1.50 bits per heavy atom. The number of aromatic nitrogens is 2. The van der Waals surface area contributed by atoms with Crippen molar-refractivity contribution in [3.63, 3.8) is 0 Å². The van der Waals surface area contributed by atoms with Crippen LogP contribution in [0.15, 0.2) is 6.20 Å². The molecular weight excluding hydrogens is 286 g/mol. The lowest BCUT2D eigenvalue weighted by Crippen LogP contribution is -2.04. The van der Waals surface area contributed by atoms with Crippen LogP contribution in [0.2, 0.25) is 5.02 Å². The second-order valence-corrected chi connectivity index (χ2v) is 4.62. The van der Waals surface area contributed by atoms with Gasteiger partial charge in [0, 0.05) is 6.20 Å². The van der Waals surface area contributed by atoms with E-state index in [2.05, 4.69) is 27.7 Å². The molecule has 1 fully saturated rings. The van der Waals surface area contributed by atoms with Crippen LogP contribution in [0.3, 0.4) is 0 Å². The van der Waals surface area contributed by atoms with E-state index in [0.717, 1.165) is 8.72 Å². The molecule has 0 spiro atoms. The molecule has 12 heavy (non-hydrogen) atoms. The number of hydrogen-bond acceptors (Lipinski definition) is 1. The van der Waals surface area contributed by atoms with E-state index in [1.807, 2.05) is 10.9 Å². The molecule has 1 aromatic rings. The molecule has 0 saturated heterocycles. The normalized spacial score (nSPS) is 18.8. The van der Waals surface area contributed by atoms with Crippen molar-refractivity contribution in [2.45, 2.75) is 31.7 Å². The first-order valence-electron chi connectivity index (χ1n) is 4.17. The third-order valence-corrected chi connectivity index (χ3v) is 3.74. The summed E-state index contributed by atoms with van der Waals surface area (Å²) in [7, 11) is 0. The summed E-state index contributed by atoms with van der Waals surface area (Å²) >= 11 is 8.08. The predicted molar refractivity (Wildman–Crippen MR) is 57.5 cm³/mol. The van der Waals surface area contributed by atoms with Crippen molar-refractivity contribution in [1.29, 1.82) is 0 Å². The van der Waals surface area contributed by atoms with Crippen LogP contribution in [-0.4, -0.2) is 9.78 Å². The zero-order chi connectivity index (χ0) is 8.55. The summed E-state index contributed by atoms with van der Waals surface area (Å²) in [5.41, 5.74) is 0. The molecule has 0 amide bonds. The van der Waals surface area contributed by atoms with E-state index >= 15 is 0 Å². The van der Waals surface area contributed by atoms with Gasteiger partial charge >= 0.3 is 0 Å². The fourth-order valence-corrected chi connectivity index (χ4v) is 2.23. The monoisotopic (exact) mass is 296 g/mol. The van der Waals surface area contributed by atoms with E-state index in [-0.39, 0.29) is 0 Å². The SMILES string of the molecule is Clc1cn(C2CCCC2)nc1I. The van der Waals surface area contributed by atoms with Gasteiger partial charge in [-0.3, -0.25) is 4.68 Å². The van der Waals surface area contributed by atoms with Crippen LogP contribution in [0.25, 0.3) is 0 Å². The first-order chi connectivity index (χ1) is 5.77. The molecule has 1 saturated carbocycles. The third kappa shape index (κ3) is 1.62. The summed E-state index contributed by atoms with van der Waals surface area (Å²) in [5, 5.41) is 5.14. The van der Waals surface area contributed by atoms with Crippen molar-refractivity contribution in [2.75, 3.05) is 0 Å². The smallest absolute Gasteiger partial charge is 0.141 e. The molecule has 1 aromatic heterocycles. The first kappa shape index (κ1) is 8.81. The topological polar surface area (TPSA) is 17.8 Å². The second-order valence-electron chi connectivity index (χ2n) is 3.19. The van der Waals surface area contributed by atoms with Crippen LogP contribution in [0, 0.1) is 3.70 Å². The van der Waals surface area contributed by atoms with E-state index < -0.39 is 0 Å². The maximum absolute atomic E-state index is 5.92. The molecule has 0 atom stereocenters. The summed E-state index contributed by atoms with van der Waals surface area (Å²) in [5.74, 6) is 0. The summed E-state index contributed by atoms with van der Waals surface area (Å²) in [6.07, 6.45) is 7.12. The molecule has 2 nitrogen and oxygen atoms in total. The highest BCUT2D eigenvalue weighted by Crippen LogP contribution is 2.30. The van der Waals surface area contributed by atoms with Crippen LogP contribution in [-0.2, 0) is 0 Å². The Kier molecular flexibility index (Phi) is 2.60. The van der Waals surface area contributed by atoms with Crippen molar-refractivity contribution in [2.24, 2.45) is 0 Å². The van der Waals surface area contributed by atoms with Gasteiger partial charge in [-0.2, -0.15) is 5.10 Å². The minimum absolute atomic E-state index is 0.603. The average molecular weight is 297 g/mol. The van der Waals surface area contributed by atoms with Crippen molar-refractivity contribution < 1.29 is 0 Å². The van der Waals surface area contributed by atoms with Gasteiger partial charge in [0.2, 0.25) is 0 Å². The highest BCUT2D eigenvalue weighted by molar-refractivity contribution is 14.1. The maximum Gasteiger partial charge on any atom is 0.141 e. The Morgan fingerprint density at radius 3 is 2.67 bits per heavy atom. The molecule has 1 aliphatic rings. The Morgan fingerprint density at radius 2 is 2.17 bits per heavy atom. The molecule has 66 valence electrons. The van der Waals surface area contributed by atoms with Crippen molar-refractivity contribution in [3.05, 3.63) is 14.9 Å². The summed E-state index contributed by atoms with van der Waals surface area (Å²) in [4.78, 5) is 0. The van der Waals surface area contributed by atoms with E-state index in [9.17, 15) is 0 Å². The van der Waals surface area contributed by atoms with Crippen LogP contribution < -0.4 is 0 Å². The Hall–Kier alpha value is 0.230. The molecular formula is C8H10ClIN2. The molecule has 0 bridgehead atoms. The first-order valence-corrected chi connectivity index (χ1v) is 5.63. The van der Waals surface area contributed by atoms with Crippen molar-refractivity contribution in [3.8, 4) is 0 Å². The summed E-state index contributed by atoms with van der Waals surface area (Å²) < 4.78 is 2.94. The van der Waals surface area contributed by atoms with Gasteiger partial charge in [0.1, 0.15) is 3.70 Å². The molecule has 0 aromatic carbocycles. The van der Waals surface area contributed by atoms with Crippen LogP contribution in [0.1, 0.15) is 31.7 Å². The lowest BCUT2D eigenvalue weighted by atomic mass is 10.3. The van der Waals surface area contributed by atoms with Crippen LogP contribution >= 0.6 is 34.2 Å². The lowest BCUT2D eigenvalue weighted by Gasteiger charge is -2.07. The highest BCUT2D eigenvalue weighted by Gasteiger charge is 2.18. The third-order valence-electron chi connectivity index (χ3n) is 2.34. The average Bonchev–Trinajstić information content (AvgIpc) is 2.61. The summed E-state index contributed by atoms with van der Waals surface area (Å²) in [6, 6.07) is 0.603. The quantitative estimate of drug-likeness (QED) is 0.727. The second kappa shape index (κ2) is 3.54. The Balaban J connectivity index is 2.21. The van der Waals surface area contributed by atoms with E-state index in [0.29, 0.717) is 6.04 Å². The number of hydrogen-bond donors (Lipinski definition) is 0. The standard InChI is InChI=1S/C8H10ClIN2/c9-7-5-12(11-8(7)10)6-3-1-2-4-6/h5-6H,1-4H2. The van der Waals surface area contributed by atoms with Crippen LogP contribution in [0.5, 0.6) is 0 Å². The molecule has 1 aliphatic carbocycles. The van der Waals surface area contributed by atoms with Gasteiger partial charge in [0.05, 0.1) is 11.1 Å². The van der Waals surface area contributed by atoms with Crippen LogP contribution in [0.4, 0.5) is 0 Å². The van der Waals surface area contributed by atoms with Gasteiger partial charge in [-0.25, -0.2) is 0 Å². The molecule has 0 unspecified atom stereocenters. The number of halogens is 2. The zero-order valence-electron chi connectivity index (χ0n) is 6.63. The van der Waals surface area contributed by atoms with E-state index in [4.69, 9.17) is 11.6 Å². The van der Waals surface area contributed by atoms with Crippen molar-refractivity contribution in [1.82, 2.24) is 9.78 Å². The number of rotatable bonds is 1. The minimum Gasteiger partial charge on any atom is -0.267 e. The molecule has 1 heterocycles. The summed E-state index contributed by atoms with van der Waals surface area (Å²) in [6.45, 7) is 0. The van der Waals surface area contributed by atoms with Gasteiger partial charge in [-0.05, 0) is 35.4 Å². The van der Waals surface area contributed by atoms with Gasteiger partial charge in [0.25, 0.3) is 0 Å². The maximum atomic E-state index is 5.92. The van der Waals surface area contributed by atoms with Gasteiger partial charge in [0.15, 0.2) is 0 Å². The Labute approximate surface area is 90.4 Å². The highest BCUT2D eigenvalue weighted by atomic mass is 127. The molecule has 4 heteroatoms. The zero-order valence-corrected chi connectivity index (χ0v) is 9.55. The molecule has 0 N–H and O–H groups in total. The molecule has 2 rings (SSSR count). The van der Waals surface area contributed by atoms with E-state index in [1.165, 1.54) is 25.7 Å². The van der Waals surface area contributed by atoms with Gasteiger partial charge < -0.3 is 0 Å². The van der Waals surface area contributed by atoms with Gasteiger partial charge in [-0.1, -0.05) is 24.4 Å². The molecule has 0 aliphatic heterocycles. The van der Waals surface area contributed by atoms with E-state index in [1.54, 1.807) is 0 Å². The number of nitrogens with zero attached hydrogens (tertiary/aromatic N) is 2. The fourth-order valence-electron chi connectivity index (χ4n) is 1.70. The largest absolute Gasteiger partial charge is 0.267 e.